The molecule has 0 aromatic heterocycles. The minimum atomic E-state index is -0.557. The quantitative estimate of drug-likeness (QED) is 0.639. The van der Waals surface area contributed by atoms with Crippen LogP contribution in [0.25, 0.3) is 0 Å². The van der Waals surface area contributed by atoms with Gasteiger partial charge in [-0.2, -0.15) is 0 Å². The Balaban J connectivity index is 2.23. The molecule has 0 radical (unpaired) electrons. The van der Waals surface area contributed by atoms with Crippen molar-refractivity contribution in [2.75, 3.05) is 13.7 Å². The van der Waals surface area contributed by atoms with Gasteiger partial charge < -0.3 is 15.0 Å². The van der Waals surface area contributed by atoms with Crippen molar-refractivity contribution in [2.45, 2.75) is 45.7 Å². The van der Waals surface area contributed by atoms with Gasteiger partial charge in [0.2, 0.25) is 11.8 Å². The van der Waals surface area contributed by atoms with Crippen LogP contribution < -0.4 is 10.1 Å². The van der Waals surface area contributed by atoms with E-state index in [1.54, 1.807) is 12.0 Å². The van der Waals surface area contributed by atoms with Gasteiger partial charge in [0.1, 0.15) is 11.8 Å². The number of hydrogen-bond donors (Lipinski definition) is 1. The molecule has 2 rings (SSSR count). The van der Waals surface area contributed by atoms with Crippen molar-refractivity contribution >= 4 is 11.8 Å². The molecule has 5 nitrogen and oxygen atoms in total. The Morgan fingerprint density at radius 1 is 1.04 bits per heavy atom. The minimum Gasteiger partial charge on any atom is -0.497 e. The van der Waals surface area contributed by atoms with E-state index < -0.39 is 6.04 Å². The predicted molar refractivity (Wildman–Crippen MR) is 111 cm³/mol. The molecule has 5 heteroatoms. The van der Waals surface area contributed by atoms with Crippen molar-refractivity contribution in [3.05, 3.63) is 65.7 Å². The van der Waals surface area contributed by atoms with E-state index in [1.807, 2.05) is 54.6 Å². The molecular weight excluding hydrogens is 352 g/mol. The summed E-state index contributed by atoms with van der Waals surface area (Å²) in [6.07, 6.45) is 2.41. The van der Waals surface area contributed by atoms with Crippen molar-refractivity contribution < 1.29 is 14.3 Å². The van der Waals surface area contributed by atoms with Crippen LogP contribution in [0.15, 0.2) is 54.6 Å². The molecule has 0 bridgehead atoms. The van der Waals surface area contributed by atoms with E-state index >= 15 is 0 Å². The number of carbonyl (C=O) groups excluding carboxylic acids is 2. The normalized spacial score (nSPS) is 11.5. The van der Waals surface area contributed by atoms with Crippen LogP contribution in [0.2, 0.25) is 0 Å². The Labute approximate surface area is 167 Å². The average Bonchev–Trinajstić information content (AvgIpc) is 2.71. The number of nitrogens with one attached hydrogen (secondary N) is 1. The summed E-state index contributed by atoms with van der Waals surface area (Å²) < 4.78 is 5.20. The molecule has 0 saturated carbocycles. The molecular formula is C23H30N2O3. The van der Waals surface area contributed by atoms with Gasteiger partial charge in [0.25, 0.3) is 0 Å². The zero-order valence-electron chi connectivity index (χ0n) is 17.0. The molecule has 2 aromatic carbocycles. The fourth-order valence-electron chi connectivity index (χ4n) is 3.06. The summed E-state index contributed by atoms with van der Waals surface area (Å²) in [5.74, 6) is 0.527. The molecule has 0 aliphatic rings. The van der Waals surface area contributed by atoms with Crippen LogP contribution in [0.3, 0.4) is 0 Å². The molecule has 150 valence electrons. The fourth-order valence-corrected chi connectivity index (χ4v) is 3.06. The first kappa shape index (κ1) is 21.5. The minimum absolute atomic E-state index is 0.110. The third-order valence-electron chi connectivity index (χ3n) is 4.70. The largest absolute Gasteiger partial charge is 0.497 e. The third-order valence-corrected chi connectivity index (χ3v) is 4.70. The van der Waals surface area contributed by atoms with Gasteiger partial charge in [-0.05, 0) is 29.7 Å². The van der Waals surface area contributed by atoms with Crippen molar-refractivity contribution in [1.29, 1.82) is 0 Å². The van der Waals surface area contributed by atoms with Crippen LogP contribution in [0.5, 0.6) is 5.75 Å². The zero-order valence-corrected chi connectivity index (χ0v) is 17.0. The highest BCUT2D eigenvalue weighted by molar-refractivity contribution is 5.87. The second-order valence-corrected chi connectivity index (χ2v) is 6.85. The van der Waals surface area contributed by atoms with Crippen molar-refractivity contribution in [1.82, 2.24) is 10.2 Å². The standard InChI is InChI=1S/C23H30N2O3/c1-4-5-15-24-23(27)22(16-19-9-7-6-8-10-19)25(18(2)26)17-20-11-13-21(28-3)14-12-20/h6-14,22H,4-5,15-17H2,1-3H3,(H,24,27)/t22-/m1/s1. The smallest absolute Gasteiger partial charge is 0.243 e. The lowest BCUT2D eigenvalue weighted by atomic mass is 10.0. The van der Waals surface area contributed by atoms with Crippen LogP contribution in [0.4, 0.5) is 0 Å². The van der Waals surface area contributed by atoms with Crippen molar-refractivity contribution in [2.24, 2.45) is 0 Å². The van der Waals surface area contributed by atoms with Gasteiger partial charge in [0.05, 0.1) is 7.11 Å². The molecule has 2 amide bonds. The van der Waals surface area contributed by atoms with E-state index in [0.29, 0.717) is 19.5 Å². The van der Waals surface area contributed by atoms with Crippen LogP contribution in [0, 0.1) is 0 Å². The Hall–Kier alpha value is -2.82. The van der Waals surface area contributed by atoms with Gasteiger partial charge in [0, 0.05) is 26.4 Å². The first-order valence-corrected chi connectivity index (χ1v) is 9.77. The molecule has 2 aromatic rings. The van der Waals surface area contributed by atoms with Gasteiger partial charge in [-0.15, -0.1) is 0 Å². The number of unbranched alkanes of at least 4 members (excludes halogenated alkanes) is 1. The van der Waals surface area contributed by atoms with E-state index in [1.165, 1.54) is 6.92 Å². The van der Waals surface area contributed by atoms with E-state index in [-0.39, 0.29) is 11.8 Å². The monoisotopic (exact) mass is 382 g/mol. The SMILES string of the molecule is CCCCNC(=O)[C@@H](Cc1ccccc1)N(Cc1ccc(OC)cc1)C(C)=O. The molecule has 1 N–H and O–H groups in total. The van der Waals surface area contributed by atoms with E-state index in [9.17, 15) is 9.59 Å². The maximum atomic E-state index is 12.9. The number of amides is 2. The predicted octanol–water partition coefficient (Wildman–Crippen LogP) is 3.57. The fraction of sp³-hybridized carbons (Fsp3) is 0.391. The lowest BCUT2D eigenvalue weighted by Crippen LogP contribution is -2.50. The van der Waals surface area contributed by atoms with Crippen molar-refractivity contribution in [3.63, 3.8) is 0 Å². The van der Waals surface area contributed by atoms with Crippen molar-refractivity contribution in [3.8, 4) is 5.75 Å². The first-order chi connectivity index (χ1) is 13.5. The number of nitrogens with zero attached hydrogens (tertiary/aromatic N) is 1. The highest BCUT2D eigenvalue weighted by Gasteiger charge is 2.28. The molecule has 0 saturated heterocycles. The van der Waals surface area contributed by atoms with Gasteiger partial charge in [-0.3, -0.25) is 9.59 Å². The number of ether oxygens (including phenoxy) is 1. The summed E-state index contributed by atoms with van der Waals surface area (Å²) >= 11 is 0. The molecule has 0 spiro atoms. The molecule has 0 fully saturated rings. The summed E-state index contributed by atoms with van der Waals surface area (Å²) in [5, 5.41) is 2.99. The number of methoxy groups -OCH3 is 1. The average molecular weight is 383 g/mol. The van der Waals surface area contributed by atoms with E-state index in [2.05, 4.69) is 12.2 Å². The summed E-state index contributed by atoms with van der Waals surface area (Å²) in [5.41, 5.74) is 1.98. The summed E-state index contributed by atoms with van der Waals surface area (Å²) in [6.45, 7) is 4.59. The van der Waals surface area contributed by atoms with Gasteiger partial charge in [0.15, 0.2) is 0 Å². The maximum absolute atomic E-state index is 12.9. The van der Waals surface area contributed by atoms with Crippen LogP contribution in [0.1, 0.15) is 37.8 Å². The van der Waals surface area contributed by atoms with E-state index in [4.69, 9.17) is 4.74 Å². The van der Waals surface area contributed by atoms with E-state index in [0.717, 1.165) is 29.7 Å². The molecule has 1 atom stereocenters. The number of rotatable bonds is 10. The van der Waals surface area contributed by atoms with Gasteiger partial charge >= 0.3 is 0 Å². The second kappa shape index (κ2) is 11.1. The molecule has 28 heavy (non-hydrogen) atoms. The highest BCUT2D eigenvalue weighted by atomic mass is 16.5. The second-order valence-electron chi connectivity index (χ2n) is 6.85. The topological polar surface area (TPSA) is 58.6 Å². The highest BCUT2D eigenvalue weighted by Crippen LogP contribution is 2.17. The Morgan fingerprint density at radius 2 is 1.71 bits per heavy atom. The number of benzene rings is 2. The Morgan fingerprint density at radius 3 is 2.29 bits per heavy atom. The Kier molecular flexibility index (Phi) is 8.53. The van der Waals surface area contributed by atoms with Crippen LogP contribution in [-0.4, -0.2) is 36.4 Å². The molecule has 0 unspecified atom stereocenters. The maximum Gasteiger partial charge on any atom is 0.243 e. The third kappa shape index (κ3) is 6.41. The summed E-state index contributed by atoms with van der Waals surface area (Å²) in [4.78, 5) is 27.0. The molecule has 0 aliphatic carbocycles. The Bertz CT molecular complexity index is 744. The van der Waals surface area contributed by atoms with Gasteiger partial charge in [-0.25, -0.2) is 0 Å². The lowest BCUT2D eigenvalue weighted by molar-refractivity contribution is -0.139. The summed E-state index contributed by atoms with van der Waals surface area (Å²) in [7, 11) is 1.62. The number of hydrogen-bond acceptors (Lipinski definition) is 3. The zero-order chi connectivity index (χ0) is 20.4. The first-order valence-electron chi connectivity index (χ1n) is 9.77. The van der Waals surface area contributed by atoms with Crippen LogP contribution in [-0.2, 0) is 22.6 Å². The summed E-state index contributed by atoms with van der Waals surface area (Å²) in [6, 6.07) is 16.8. The van der Waals surface area contributed by atoms with Gasteiger partial charge in [-0.1, -0.05) is 55.8 Å². The number of carbonyl (C=O) groups is 2. The molecule has 0 aliphatic heterocycles. The molecule has 0 heterocycles. The van der Waals surface area contributed by atoms with Crippen LogP contribution >= 0.6 is 0 Å². The lowest BCUT2D eigenvalue weighted by Gasteiger charge is -2.30.